The number of rotatable bonds is 7. The maximum atomic E-state index is 11.8. The Labute approximate surface area is 127 Å². The summed E-state index contributed by atoms with van der Waals surface area (Å²) in [5, 5.41) is 24.4. The van der Waals surface area contributed by atoms with Gasteiger partial charge in [-0.3, -0.25) is 10.00 Å². The summed E-state index contributed by atoms with van der Waals surface area (Å²) in [5.74, 6) is 0.411. The number of anilines is 1. The molecule has 2 heterocycles. The number of aliphatic hydroxyl groups excluding tert-OH is 1. The number of nitrogens with zero attached hydrogens (tertiary/aromatic N) is 3. The zero-order chi connectivity index (χ0) is 15.1. The number of amides is 2. The zero-order valence-electron chi connectivity index (χ0n) is 11.8. The number of urea groups is 1. The van der Waals surface area contributed by atoms with Crippen molar-refractivity contribution in [2.45, 2.75) is 19.9 Å². The van der Waals surface area contributed by atoms with E-state index >= 15 is 0 Å². The lowest BCUT2D eigenvalue weighted by Gasteiger charge is -2.14. The van der Waals surface area contributed by atoms with Crippen LogP contribution in [0.3, 0.4) is 0 Å². The van der Waals surface area contributed by atoms with Crippen LogP contribution in [-0.4, -0.2) is 39.3 Å². The summed E-state index contributed by atoms with van der Waals surface area (Å²) in [6.07, 6.45) is 2.41. The highest BCUT2D eigenvalue weighted by Crippen LogP contribution is 2.14. The molecule has 3 N–H and O–H groups in total. The van der Waals surface area contributed by atoms with E-state index in [1.807, 2.05) is 24.4 Å². The highest BCUT2D eigenvalue weighted by Gasteiger charge is 2.12. The van der Waals surface area contributed by atoms with Gasteiger partial charge in [-0.1, -0.05) is 11.3 Å². The molecule has 0 radical (unpaired) electrons. The molecule has 21 heavy (non-hydrogen) atoms. The smallest absolute Gasteiger partial charge is 0.320 e. The van der Waals surface area contributed by atoms with Gasteiger partial charge in [-0.25, -0.2) is 4.79 Å². The van der Waals surface area contributed by atoms with Gasteiger partial charge in [0.05, 0.1) is 6.20 Å². The fraction of sp³-hybridized carbons (Fsp3) is 0.462. The van der Waals surface area contributed by atoms with E-state index in [0.717, 1.165) is 6.42 Å². The van der Waals surface area contributed by atoms with Crippen LogP contribution in [0.15, 0.2) is 23.7 Å². The number of carbonyl (C=O) groups excluding carboxylic acids is 1. The van der Waals surface area contributed by atoms with Crippen molar-refractivity contribution in [3.63, 3.8) is 0 Å². The predicted molar refractivity (Wildman–Crippen MR) is 81.3 cm³/mol. The van der Waals surface area contributed by atoms with Gasteiger partial charge in [0.15, 0.2) is 5.82 Å². The van der Waals surface area contributed by atoms with E-state index in [1.165, 1.54) is 4.88 Å². The van der Waals surface area contributed by atoms with E-state index in [0.29, 0.717) is 18.9 Å². The molecule has 0 aromatic carbocycles. The van der Waals surface area contributed by atoms with Crippen LogP contribution >= 0.6 is 11.3 Å². The quantitative estimate of drug-likeness (QED) is 0.719. The summed E-state index contributed by atoms with van der Waals surface area (Å²) in [6.45, 7) is 3.07. The lowest BCUT2D eigenvalue weighted by molar-refractivity contribution is 0.218. The van der Waals surface area contributed by atoms with Crippen molar-refractivity contribution in [1.82, 2.24) is 20.3 Å². The number of thiophene rings is 1. The molecule has 0 unspecified atom stereocenters. The number of hydrogen-bond donors (Lipinski definition) is 3. The van der Waals surface area contributed by atoms with Gasteiger partial charge in [0.25, 0.3) is 0 Å². The first-order chi connectivity index (χ1) is 10.2. The second kappa shape index (κ2) is 7.75. The third kappa shape index (κ3) is 4.83. The maximum Gasteiger partial charge on any atom is 0.320 e. The molecule has 0 saturated carbocycles. The van der Waals surface area contributed by atoms with E-state index in [2.05, 4.69) is 20.9 Å². The number of nitrogens with one attached hydrogen (secondary N) is 2. The van der Waals surface area contributed by atoms with Gasteiger partial charge in [-0.15, -0.1) is 16.4 Å². The Morgan fingerprint density at radius 2 is 2.43 bits per heavy atom. The minimum absolute atomic E-state index is 0.000671. The van der Waals surface area contributed by atoms with Crippen molar-refractivity contribution in [2.24, 2.45) is 5.92 Å². The van der Waals surface area contributed by atoms with Gasteiger partial charge in [-0.2, -0.15) is 0 Å². The minimum Gasteiger partial charge on any atom is -0.396 e. The van der Waals surface area contributed by atoms with Crippen molar-refractivity contribution in [3.8, 4) is 0 Å². The number of aliphatic hydroxyl groups is 1. The predicted octanol–water partition coefficient (Wildman–Crippen LogP) is 1.33. The Kier molecular flexibility index (Phi) is 5.70. The number of hydrogen-bond acceptors (Lipinski definition) is 5. The van der Waals surface area contributed by atoms with Gasteiger partial charge >= 0.3 is 6.03 Å². The lowest BCUT2D eigenvalue weighted by Crippen LogP contribution is -2.35. The molecular weight excluding hydrogens is 290 g/mol. The van der Waals surface area contributed by atoms with Gasteiger partial charge < -0.3 is 10.4 Å². The van der Waals surface area contributed by atoms with E-state index in [-0.39, 0.29) is 18.6 Å². The zero-order valence-corrected chi connectivity index (χ0v) is 12.6. The maximum absolute atomic E-state index is 11.8. The van der Waals surface area contributed by atoms with Crippen molar-refractivity contribution in [1.29, 1.82) is 0 Å². The molecule has 0 aliphatic rings. The topological polar surface area (TPSA) is 92.1 Å². The number of aromatic nitrogens is 3. The highest BCUT2D eigenvalue weighted by atomic mass is 32.1. The van der Waals surface area contributed by atoms with Crippen molar-refractivity contribution in [3.05, 3.63) is 28.6 Å². The molecular formula is C13H19N5O2S. The van der Waals surface area contributed by atoms with Crippen molar-refractivity contribution >= 4 is 23.2 Å². The Morgan fingerprint density at radius 1 is 1.57 bits per heavy atom. The number of carbonyl (C=O) groups is 1. The molecule has 0 aliphatic heterocycles. The SMILES string of the molecule is CCn1cc(NC(=O)NC[C@H](CO)Cc2cccs2)nn1. The molecule has 2 amide bonds. The average molecular weight is 309 g/mol. The molecule has 0 spiro atoms. The summed E-state index contributed by atoms with van der Waals surface area (Å²) < 4.78 is 1.63. The fourth-order valence-electron chi connectivity index (χ4n) is 1.82. The van der Waals surface area contributed by atoms with Gasteiger partial charge in [0.1, 0.15) is 0 Å². The molecule has 8 heteroatoms. The molecule has 7 nitrogen and oxygen atoms in total. The lowest BCUT2D eigenvalue weighted by atomic mass is 10.1. The second-order valence-corrected chi connectivity index (χ2v) is 5.66. The largest absolute Gasteiger partial charge is 0.396 e. The van der Waals surface area contributed by atoms with Crippen LogP contribution < -0.4 is 10.6 Å². The Balaban J connectivity index is 1.76. The van der Waals surface area contributed by atoms with Gasteiger partial charge in [0.2, 0.25) is 0 Å². The van der Waals surface area contributed by atoms with Crippen LogP contribution in [-0.2, 0) is 13.0 Å². The van der Waals surface area contributed by atoms with Crippen LogP contribution in [0.1, 0.15) is 11.8 Å². The van der Waals surface area contributed by atoms with Gasteiger partial charge in [0, 0.05) is 30.5 Å². The monoisotopic (exact) mass is 309 g/mol. The third-order valence-corrected chi connectivity index (χ3v) is 3.88. The van der Waals surface area contributed by atoms with E-state index in [4.69, 9.17) is 0 Å². The van der Waals surface area contributed by atoms with Crippen LogP contribution in [0, 0.1) is 5.92 Å². The Bertz CT molecular complexity index is 555. The Hall–Kier alpha value is -1.93. The molecule has 114 valence electrons. The summed E-state index contributed by atoms with van der Waals surface area (Å²) in [7, 11) is 0. The van der Waals surface area contributed by atoms with Crippen LogP contribution in [0.5, 0.6) is 0 Å². The molecule has 0 bridgehead atoms. The molecule has 2 aromatic heterocycles. The molecule has 1 atom stereocenters. The summed E-state index contributed by atoms with van der Waals surface area (Å²) in [5.41, 5.74) is 0. The summed E-state index contributed by atoms with van der Waals surface area (Å²) >= 11 is 1.65. The first-order valence-corrected chi connectivity index (χ1v) is 7.67. The van der Waals surface area contributed by atoms with Crippen LogP contribution in [0.4, 0.5) is 10.6 Å². The highest BCUT2D eigenvalue weighted by molar-refractivity contribution is 7.09. The minimum atomic E-state index is -0.345. The average Bonchev–Trinajstić information content (AvgIpc) is 3.14. The fourth-order valence-corrected chi connectivity index (χ4v) is 2.64. The van der Waals surface area contributed by atoms with Gasteiger partial charge in [-0.05, 0) is 24.8 Å². The number of aryl methyl sites for hydroxylation is 1. The Morgan fingerprint density at radius 3 is 3.05 bits per heavy atom. The normalized spacial score (nSPS) is 12.1. The van der Waals surface area contributed by atoms with Crippen LogP contribution in [0.2, 0.25) is 0 Å². The van der Waals surface area contributed by atoms with E-state index < -0.39 is 0 Å². The second-order valence-electron chi connectivity index (χ2n) is 4.63. The molecule has 0 aliphatic carbocycles. The summed E-state index contributed by atoms with van der Waals surface area (Å²) in [4.78, 5) is 13.0. The van der Waals surface area contributed by atoms with Crippen LogP contribution in [0.25, 0.3) is 0 Å². The molecule has 2 aromatic rings. The first kappa shape index (κ1) is 15.5. The first-order valence-electron chi connectivity index (χ1n) is 6.79. The molecule has 0 fully saturated rings. The summed E-state index contributed by atoms with van der Waals surface area (Å²) in [6, 6.07) is 3.66. The van der Waals surface area contributed by atoms with E-state index in [1.54, 1.807) is 22.2 Å². The third-order valence-electron chi connectivity index (χ3n) is 2.98. The van der Waals surface area contributed by atoms with Crippen molar-refractivity contribution < 1.29 is 9.90 Å². The van der Waals surface area contributed by atoms with Crippen molar-refractivity contribution in [2.75, 3.05) is 18.5 Å². The standard InChI is InChI=1S/C13H19N5O2S/c1-2-18-8-12(16-17-18)15-13(20)14-7-10(9-19)6-11-4-3-5-21-11/h3-5,8,10,19H,2,6-7,9H2,1H3,(H2,14,15,20)/t10-/m1/s1. The molecule has 2 rings (SSSR count). The molecule has 0 saturated heterocycles. The van der Waals surface area contributed by atoms with E-state index in [9.17, 15) is 9.90 Å².